The first-order chi connectivity index (χ1) is 12.2. The van der Waals surface area contributed by atoms with Gasteiger partial charge in [0.05, 0.1) is 6.20 Å². The number of nitrogens with zero attached hydrogens (tertiary/aromatic N) is 4. The van der Waals surface area contributed by atoms with Gasteiger partial charge in [-0.15, -0.1) is 0 Å². The minimum Gasteiger partial charge on any atom is -0.358 e. The molecule has 3 rings (SSSR count). The Morgan fingerprint density at radius 2 is 1.88 bits per heavy atom. The van der Waals surface area contributed by atoms with Crippen molar-refractivity contribution in [2.24, 2.45) is 0 Å². The van der Waals surface area contributed by atoms with Gasteiger partial charge < -0.3 is 10.2 Å². The molecule has 0 bridgehead atoms. The lowest BCUT2D eigenvalue weighted by Gasteiger charge is -2.36. The number of thiocarbonyl (C=S) groups is 1. The van der Waals surface area contributed by atoms with Crippen molar-refractivity contribution in [2.45, 2.75) is 33.5 Å². The second kappa shape index (κ2) is 8.45. The summed E-state index contributed by atoms with van der Waals surface area (Å²) >= 11 is 5.56. The van der Waals surface area contributed by atoms with E-state index in [0.29, 0.717) is 0 Å². The van der Waals surface area contributed by atoms with Crippen molar-refractivity contribution in [2.75, 3.05) is 26.2 Å². The topological polar surface area (TPSA) is 36.3 Å². The van der Waals surface area contributed by atoms with Crippen LogP contribution in [-0.4, -0.2) is 50.9 Å². The van der Waals surface area contributed by atoms with Crippen molar-refractivity contribution < 1.29 is 0 Å². The zero-order valence-electron chi connectivity index (χ0n) is 15.1. The van der Waals surface area contributed by atoms with E-state index in [9.17, 15) is 0 Å². The number of benzene rings is 1. The molecule has 5 nitrogen and oxygen atoms in total. The molecule has 1 aliphatic rings. The Labute approximate surface area is 155 Å². The Hall–Kier alpha value is -1.92. The number of aromatic nitrogens is 2. The Kier molecular flexibility index (Phi) is 6.04. The molecule has 134 valence electrons. The fraction of sp³-hybridized carbons (Fsp3) is 0.474. The van der Waals surface area contributed by atoms with Gasteiger partial charge in [0.15, 0.2) is 5.11 Å². The molecule has 6 heteroatoms. The van der Waals surface area contributed by atoms with E-state index in [0.717, 1.165) is 50.9 Å². The Bertz CT molecular complexity index is 689. The number of hydrogen-bond donors (Lipinski definition) is 1. The highest BCUT2D eigenvalue weighted by atomic mass is 32.1. The molecular formula is C19H27N5S. The maximum absolute atomic E-state index is 5.56. The quantitative estimate of drug-likeness (QED) is 0.832. The molecule has 1 aromatic heterocycles. The molecule has 0 spiro atoms. The number of rotatable bonds is 5. The average Bonchev–Trinajstić information content (AvgIpc) is 3.01. The van der Waals surface area contributed by atoms with E-state index >= 15 is 0 Å². The van der Waals surface area contributed by atoms with Crippen molar-refractivity contribution in [1.29, 1.82) is 0 Å². The van der Waals surface area contributed by atoms with Crippen LogP contribution in [0.15, 0.2) is 36.5 Å². The summed E-state index contributed by atoms with van der Waals surface area (Å²) in [7, 11) is 0. The molecule has 0 amide bonds. The van der Waals surface area contributed by atoms with Gasteiger partial charge in [-0.2, -0.15) is 5.10 Å². The van der Waals surface area contributed by atoms with Crippen molar-refractivity contribution in [3.63, 3.8) is 0 Å². The molecule has 0 radical (unpaired) electrons. The fourth-order valence-corrected chi connectivity index (χ4v) is 3.45. The van der Waals surface area contributed by atoms with E-state index in [2.05, 4.69) is 63.0 Å². The zero-order valence-corrected chi connectivity index (χ0v) is 15.9. The van der Waals surface area contributed by atoms with Crippen molar-refractivity contribution >= 4 is 17.3 Å². The van der Waals surface area contributed by atoms with Gasteiger partial charge in [-0.3, -0.25) is 9.58 Å². The average molecular weight is 358 g/mol. The largest absolute Gasteiger partial charge is 0.358 e. The van der Waals surface area contributed by atoms with Crippen LogP contribution in [0.5, 0.6) is 0 Å². The molecular weight excluding hydrogens is 330 g/mol. The smallest absolute Gasteiger partial charge is 0.169 e. The van der Waals surface area contributed by atoms with Gasteiger partial charge in [-0.1, -0.05) is 30.3 Å². The first-order valence-corrected chi connectivity index (χ1v) is 9.38. The van der Waals surface area contributed by atoms with Crippen LogP contribution < -0.4 is 5.32 Å². The maximum Gasteiger partial charge on any atom is 0.169 e. The highest BCUT2D eigenvalue weighted by Gasteiger charge is 2.20. The van der Waals surface area contributed by atoms with Gasteiger partial charge in [0.25, 0.3) is 0 Å². The van der Waals surface area contributed by atoms with Crippen LogP contribution in [0.25, 0.3) is 0 Å². The lowest BCUT2D eigenvalue weighted by molar-refractivity contribution is 0.174. The Morgan fingerprint density at radius 1 is 1.16 bits per heavy atom. The summed E-state index contributed by atoms with van der Waals surface area (Å²) in [6, 6.07) is 10.4. The van der Waals surface area contributed by atoms with Gasteiger partial charge >= 0.3 is 0 Å². The number of aryl methyl sites for hydroxylation is 1. The van der Waals surface area contributed by atoms with Gasteiger partial charge in [0, 0.05) is 57.1 Å². The Balaban J connectivity index is 1.45. The first-order valence-electron chi connectivity index (χ1n) is 8.97. The van der Waals surface area contributed by atoms with Crippen LogP contribution in [0.3, 0.4) is 0 Å². The van der Waals surface area contributed by atoms with Crippen LogP contribution in [0.2, 0.25) is 0 Å². The molecule has 0 aliphatic carbocycles. The van der Waals surface area contributed by atoms with Crippen LogP contribution in [0.4, 0.5) is 0 Å². The SMILES string of the molecule is CCn1ncc(CN2CCN(C(=S)NCc3ccccc3)CC2)c1C. The van der Waals surface area contributed by atoms with Gasteiger partial charge in [-0.05, 0) is 31.6 Å². The highest BCUT2D eigenvalue weighted by Crippen LogP contribution is 2.13. The molecule has 1 saturated heterocycles. The summed E-state index contributed by atoms with van der Waals surface area (Å²) in [5.74, 6) is 0. The lowest BCUT2D eigenvalue weighted by Crippen LogP contribution is -2.51. The lowest BCUT2D eigenvalue weighted by atomic mass is 10.2. The van der Waals surface area contributed by atoms with Crippen LogP contribution in [0.1, 0.15) is 23.7 Å². The van der Waals surface area contributed by atoms with Gasteiger partial charge in [0.2, 0.25) is 0 Å². The third-order valence-corrected chi connectivity index (χ3v) is 5.25. The summed E-state index contributed by atoms with van der Waals surface area (Å²) in [6.45, 7) is 11.0. The highest BCUT2D eigenvalue weighted by molar-refractivity contribution is 7.80. The van der Waals surface area contributed by atoms with Crippen LogP contribution in [0, 0.1) is 6.92 Å². The van der Waals surface area contributed by atoms with Gasteiger partial charge in [-0.25, -0.2) is 0 Å². The fourth-order valence-electron chi connectivity index (χ4n) is 3.19. The minimum absolute atomic E-state index is 0.787. The summed E-state index contributed by atoms with van der Waals surface area (Å²) in [5, 5.41) is 8.68. The first kappa shape index (κ1) is 17.9. The standard InChI is InChI=1S/C19H27N5S/c1-3-24-16(2)18(14-21-24)15-22-9-11-23(12-10-22)19(25)20-13-17-7-5-4-6-8-17/h4-8,14H,3,9-13,15H2,1-2H3,(H,20,25). The molecule has 1 N–H and O–H groups in total. The predicted octanol–water partition coefficient (Wildman–Crippen LogP) is 2.40. The van der Waals surface area contributed by atoms with Crippen molar-refractivity contribution in [1.82, 2.24) is 24.9 Å². The maximum atomic E-state index is 5.56. The molecule has 2 aromatic rings. The van der Waals surface area contributed by atoms with E-state index in [4.69, 9.17) is 12.2 Å². The summed E-state index contributed by atoms with van der Waals surface area (Å²) in [5.41, 5.74) is 3.87. The zero-order chi connectivity index (χ0) is 17.6. The minimum atomic E-state index is 0.787. The molecule has 1 aliphatic heterocycles. The molecule has 2 heterocycles. The molecule has 1 fully saturated rings. The number of nitrogens with one attached hydrogen (secondary N) is 1. The number of hydrogen-bond acceptors (Lipinski definition) is 3. The van der Waals surface area contributed by atoms with E-state index in [1.807, 2.05) is 12.3 Å². The summed E-state index contributed by atoms with van der Waals surface area (Å²) < 4.78 is 2.06. The van der Waals surface area contributed by atoms with Crippen LogP contribution in [-0.2, 0) is 19.6 Å². The van der Waals surface area contributed by atoms with Crippen molar-refractivity contribution in [3.8, 4) is 0 Å². The molecule has 25 heavy (non-hydrogen) atoms. The third-order valence-electron chi connectivity index (χ3n) is 4.84. The summed E-state index contributed by atoms with van der Waals surface area (Å²) in [4.78, 5) is 4.76. The van der Waals surface area contributed by atoms with E-state index in [1.165, 1.54) is 16.8 Å². The normalized spacial score (nSPS) is 15.4. The van der Waals surface area contributed by atoms with Crippen LogP contribution >= 0.6 is 12.2 Å². The van der Waals surface area contributed by atoms with E-state index < -0.39 is 0 Å². The second-order valence-corrected chi connectivity index (χ2v) is 6.87. The predicted molar refractivity (Wildman–Crippen MR) is 105 cm³/mol. The Morgan fingerprint density at radius 3 is 2.52 bits per heavy atom. The van der Waals surface area contributed by atoms with E-state index in [-0.39, 0.29) is 0 Å². The van der Waals surface area contributed by atoms with Gasteiger partial charge in [0.1, 0.15) is 0 Å². The molecule has 0 unspecified atom stereocenters. The monoisotopic (exact) mass is 357 g/mol. The molecule has 0 saturated carbocycles. The summed E-state index contributed by atoms with van der Waals surface area (Å²) in [6.07, 6.45) is 2.01. The number of piperazine rings is 1. The van der Waals surface area contributed by atoms with Crippen molar-refractivity contribution in [3.05, 3.63) is 53.3 Å². The van der Waals surface area contributed by atoms with E-state index in [1.54, 1.807) is 0 Å². The second-order valence-electron chi connectivity index (χ2n) is 6.48. The third kappa shape index (κ3) is 4.58. The molecule has 1 aromatic carbocycles. The molecule has 0 atom stereocenters.